The summed E-state index contributed by atoms with van der Waals surface area (Å²) in [6.45, 7) is 3.84. The van der Waals surface area contributed by atoms with Crippen LogP contribution in [-0.4, -0.2) is 72.1 Å². The van der Waals surface area contributed by atoms with Gasteiger partial charge in [0.2, 0.25) is 5.91 Å². The van der Waals surface area contributed by atoms with Gasteiger partial charge in [0.25, 0.3) is 5.91 Å². The predicted octanol–water partition coefficient (Wildman–Crippen LogP) is 0.789. The highest BCUT2D eigenvalue weighted by molar-refractivity contribution is 5.94. The van der Waals surface area contributed by atoms with Gasteiger partial charge in [-0.1, -0.05) is 25.0 Å². The van der Waals surface area contributed by atoms with Crippen molar-refractivity contribution in [2.24, 2.45) is 11.8 Å². The molecular formula is C22H32N4O3. The van der Waals surface area contributed by atoms with E-state index in [4.69, 9.17) is 5.11 Å². The van der Waals surface area contributed by atoms with Crippen molar-refractivity contribution < 1.29 is 14.7 Å². The normalized spacial score (nSPS) is 28.0. The Balaban J connectivity index is 1.40. The minimum absolute atomic E-state index is 0.0796. The molecule has 1 aliphatic carbocycles. The first kappa shape index (κ1) is 20.3. The highest BCUT2D eigenvalue weighted by Crippen LogP contribution is 2.35. The summed E-state index contributed by atoms with van der Waals surface area (Å²) in [5.74, 6) is 0.706. The van der Waals surface area contributed by atoms with E-state index in [1.807, 2.05) is 23.1 Å². The number of aliphatic hydroxyl groups excluding tert-OH is 1. The summed E-state index contributed by atoms with van der Waals surface area (Å²) < 4.78 is 0. The highest BCUT2D eigenvalue weighted by atomic mass is 16.3. The molecule has 0 bridgehead atoms. The number of nitrogens with zero attached hydrogens (tertiary/aromatic N) is 2. The molecule has 1 aromatic carbocycles. The summed E-state index contributed by atoms with van der Waals surface area (Å²) in [7, 11) is 0. The number of β-amino-alcohol motifs (C(OH)–C–C–N with tert-alkyl or cyclic N) is 1. The van der Waals surface area contributed by atoms with E-state index in [2.05, 4.69) is 21.8 Å². The lowest BCUT2D eigenvalue weighted by Gasteiger charge is -2.41. The number of hydrogen-bond acceptors (Lipinski definition) is 5. The van der Waals surface area contributed by atoms with Crippen LogP contribution in [0.3, 0.4) is 0 Å². The van der Waals surface area contributed by atoms with Crippen LogP contribution in [0.4, 0.5) is 0 Å². The van der Waals surface area contributed by atoms with Crippen molar-refractivity contribution in [1.82, 2.24) is 20.7 Å². The van der Waals surface area contributed by atoms with Crippen LogP contribution >= 0.6 is 0 Å². The lowest BCUT2D eigenvalue weighted by atomic mass is 9.72. The number of rotatable bonds is 5. The fourth-order valence-corrected chi connectivity index (χ4v) is 5.12. The highest BCUT2D eigenvalue weighted by Gasteiger charge is 2.39. The standard InChI is InChI=1S/C22H32N4O3/c27-13-12-25-8-10-26(11-9-25)22(29)17-5-3-4-16(14-17)15-20-18-6-1-2-7-19(18)21(28)24-23-20/h3-5,14,18-20,23,27H,1-2,6-13,15H2,(H,24,28). The Labute approximate surface area is 172 Å². The third kappa shape index (κ3) is 4.63. The molecule has 0 spiro atoms. The summed E-state index contributed by atoms with van der Waals surface area (Å²) >= 11 is 0. The van der Waals surface area contributed by atoms with Crippen molar-refractivity contribution in [3.05, 3.63) is 35.4 Å². The van der Waals surface area contributed by atoms with E-state index in [9.17, 15) is 9.59 Å². The van der Waals surface area contributed by atoms with Crippen molar-refractivity contribution in [2.45, 2.75) is 38.1 Å². The van der Waals surface area contributed by atoms with Crippen molar-refractivity contribution in [1.29, 1.82) is 0 Å². The maximum Gasteiger partial charge on any atom is 0.253 e. The quantitative estimate of drug-likeness (QED) is 0.681. The molecule has 7 nitrogen and oxygen atoms in total. The van der Waals surface area contributed by atoms with E-state index >= 15 is 0 Å². The van der Waals surface area contributed by atoms with Crippen LogP contribution in [-0.2, 0) is 11.2 Å². The maximum absolute atomic E-state index is 13.0. The lowest BCUT2D eigenvalue weighted by molar-refractivity contribution is -0.133. The number of carbonyl (C=O) groups is 2. The molecule has 4 rings (SSSR count). The molecule has 3 fully saturated rings. The molecule has 29 heavy (non-hydrogen) atoms. The van der Waals surface area contributed by atoms with Crippen molar-refractivity contribution in [3.8, 4) is 0 Å². The van der Waals surface area contributed by atoms with Crippen LogP contribution in [0.5, 0.6) is 0 Å². The van der Waals surface area contributed by atoms with E-state index in [0.717, 1.165) is 49.9 Å². The van der Waals surface area contributed by atoms with Gasteiger partial charge in [-0.15, -0.1) is 0 Å². The number of carbonyl (C=O) groups excluding carboxylic acids is 2. The van der Waals surface area contributed by atoms with Crippen LogP contribution in [0.2, 0.25) is 0 Å². The third-order valence-corrected chi connectivity index (χ3v) is 6.76. The van der Waals surface area contributed by atoms with Crippen molar-refractivity contribution in [2.75, 3.05) is 39.3 Å². The minimum Gasteiger partial charge on any atom is -0.395 e. The molecule has 3 aliphatic rings. The number of fused-ring (bicyclic) bond motifs is 1. The fraction of sp³-hybridized carbons (Fsp3) is 0.636. The number of aliphatic hydroxyl groups is 1. The van der Waals surface area contributed by atoms with Crippen LogP contribution < -0.4 is 10.9 Å². The summed E-state index contributed by atoms with van der Waals surface area (Å²) in [6, 6.07) is 8.16. The number of hydrazine groups is 1. The molecule has 3 N–H and O–H groups in total. The third-order valence-electron chi connectivity index (χ3n) is 6.76. The number of hydrogen-bond donors (Lipinski definition) is 3. The van der Waals surface area contributed by atoms with Gasteiger partial charge in [-0.3, -0.25) is 19.9 Å². The molecule has 0 aromatic heterocycles. The van der Waals surface area contributed by atoms with Crippen LogP contribution in [0.15, 0.2) is 24.3 Å². The van der Waals surface area contributed by atoms with E-state index < -0.39 is 0 Å². The van der Waals surface area contributed by atoms with Gasteiger partial charge >= 0.3 is 0 Å². The van der Waals surface area contributed by atoms with Gasteiger partial charge < -0.3 is 10.0 Å². The molecule has 2 aliphatic heterocycles. The van der Waals surface area contributed by atoms with Crippen molar-refractivity contribution >= 4 is 11.8 Å². The van der Waals surface area contributed by atoms with Gasteiger partial charge in [-0.05, 0) is 42.9 Å². The first-order valence-corrected chi connectivity index (χ1v) is 10.9. The molecule has 2 saturated heterocycles. The zero-order chi connectivity index (χ0) is 20.2. The number of piperazine rings is 1. The van der Waals surface area contributed by atoms with Gasteiger partial charge in [-0.25, -0.2) is 5.43 Å². The Morgan fingerprint density at radius 2 is 1.93 bits per heavy atom. The van der Waals surface area contributed by atoms with Gasteiger partial charge in [0, 0.05) is 50.2 Å². The second kappa shape index (κ2) is 9.24. The first-order valence-electron chi connectivity index (χ1n) is 10.9. The van der Waals surface area contributed by atoms with Gasteiger partial charge in [-0.2, -0.15) is 0 Å². The number of nitrogens with one attached hydrogen (secondary N) is 2. The van der Waals surface area contributed by atoms with Gasteiger partial charge in [0.15, 0.2) is 0 Å². The van der Waals surface area contributed by atoms with Crippen LogP contribution in [0, 0.1) is 11.8 Å². The molecule has 1 saturated carbocycles. The predicted molar refractivity (Wildman–Crippen MR) is 110 cm³/mol. The van der Waals surface area contributed by atoms with Gasteiger partial charge in [0.1, 0.15) is 0 Å². The molecule has 158 valence electrons. The molecule has 0 radical (unpaired) electrons. The summed E-state index contributed by atoms with van der Waals surface area (Å²) in [5, 5.41) is 9.07. The number of amides is 2. The smallest absolute Gasteiger partial charge is 0.253 e. The second-order valence-electron chi connectivity index (χ2n) is 8.56. The second-order valence-corrected chi connectivity index (χ2v) is 8.56. The largest absolute Gasteiger partial charge is 0.395 e. The summed E-state index contributed by atoms with van der Waals surface area (Å²) in [4.78, 5) is 29.2. The molecule has 7 heteroatoms. The molecule has 2 amide bonds. The SMILES string of the molecule is O=C1NNC(Cc2cccc(C(=O)N3CCN(CCO)CC3)c2)C2CCCCC12. The average molecular weight is 401 g/mol. The Hall–Kier alpha value is -1.96. The fourth-order valence-electron chi connectivity index (χ4n) is 5.12. The Kier molecular flexibility index (Phi) is 6.47. The topological polar surface area (TPSA) is 84.9 Å². The molecule has 1 aromatic rings. The summed E-state index contributed by atoms with van der Waals surface area (Å²) in [6.07, 6.45) is 5.21. The van der Waals surface area contributed by atoms with E-state index in [0.29, 0.717) is 25.6 Å². The van der Waals surface area contributed by atoms with E-state index in [1.54, 1.807) is 0 Å². The number of benzene rings is 1. The Morgan fingerprint density at radius 3 is 2.72 bits per heavy atom. The lowest BCUT2D eigenvalue weighted by Crippen LogP contribution is -2.60. The summed E-state index contributed by atoms with van der Waals surface area (Å²) in [5.41, 5.74) is 7.96. The Morgan fingerprint density at radius 1 is 1.14 bits per heavy atom. The average Bonchev–Trinajstić information content (AvgIpc) is 2.76. The zero-order valence-electron chi connectivity index (χ0n) is 17.0. The van der Waals surface area contributed by atoms with E-state index in [-0.39, 0.29) is 30.4 Å². The molecule has 3 atom stereocenters. The van der Waals surface area contributed by atoms with E-state index in [1.165, 1.54) is 6.42 Å². The molecular weight excluding hydrogens is 368 g/mol. The first-order chi connectivity index (χ1) is 14.2. The monoisotopic (exact) mass is 400 g/mol. The van der Waals surface area contributed by atoms with Crippen LogP contribution in [0.1, 0.15) is 41.6 Å². The Bertz CT molecular complexity index is 733. The van der Waals surface area contributed by atoms with Crippen LogP contribution in [0.25, 0.3) is 0 Å². The molecule has 2 heterocycles. The minimum atomic E-state index is 0.0796. The zero-order valence-corrected chi connectivity index (χ0v) is 17.0. The van der Waals surface area contributed by atoms with Gasteiger partial charge in [0.05, 0.1) is 6.61 Å². The van der Waals surface area contributed by atoms with Crippen molar-refractivity contribution in [3.63, 3.8) is 0 Å². The maximum atomic E-state index is 13.0. The molecule has 3 unspecified atom stereocenters.